The summed E-state index contributed by atoms with van der Waals surface area (Å²) < 4.78 is 2.01. The van der Waals surface area contributed by atoms with E-state index in [2.05, 4.69) is 55.8 Å². The third-order valence-corrected chi connectivity index (χ3v) is 5.30. The molecule has 0 aliphatic rings. The van der Waals surface area contributed by atoms with Crippen molar-refractivity contribution in [3.63, 3.8) is 0 Å². The fourth-order valence-electron chi connectivity index (χ4n) is 2.45. The maximum absolute atomic E-state index is 12.6. The highest BCUT2D eigenvalue weighted by molar-refractivity contribution is 14.1. The minimum absolute atomic E-state index is 0.0190. The first-order valence-electron chi connectivity index (χ1n) is 8.25. The summed E-state index contributed by atoms with van der Waals surface area (Å²) in [6.07, 6.45) is 0. The Morgan fingerprint density at radius 3 is 1.45 bits per heavy atom. The summed E-state index contributed by atoms with van der Waals surface area (Å²) in [6.45, 7) is 0. The number of benzene rings is 3. The summed E-state index contributed by atoms with van der Waals surface area (Å²) in [7, 11) is 0. The van der Waals surface area contributed by atoms with Gasteiger partial charge < -0.3 is 10.6 Å². The monoisotopic (exact) mass is 613 g/mol. The lowest BCUT2D eigenvalue weighted by atomic mass is 10.1. The highest BCUT2D eigenvalue weighted by atomic mass is 127. The molecule has 2 amide bonds. The summed E-state index contributed by atoms with van der Waals surface area (Å²) >= 11 is 4.29. The Morgan fingerprint density at radius 1 is 0.724 bits per heavy atom. The molecule has 29 heavy (non-hydrogen) atoms. The number of hydrogen-bond acceptors (Lipinski definition) is 4. The molecule has 0 spiro atoms. The number of halogens is 2. The molecule has 0 aromatic heterocycles. The van der Waals surface area contributed by atoms with E-state index < -0.39 is 16.7 Å². The van der Waals surface area contributed by atoms with E-state index in [1.807, 2.05) is 24.3 Å². The number of hydrogen-bond donors (Lipinski definition) is 2. The average molecular weight is 613 g/mol. The van der Waals surface area contributed by atoms with Gasteiger partial charge in [-0.3, -0.25) is 19.7 Å². The van der Waals surface area contributed by atoms with Crippen molar-refractivity contribution in [2.75, 3.05) is 10.6 Å². The summed E-state index contributed by atoms with van der Waals surface area (Å²) in [5.74, 6) is -1.09. The number of amides is 2. The minimum Gasteiger partial charge on any atom is -0.322 e. The number of nitrogens with zero attached hydrogens (tertiary/aromatic N) is 1. The number of rotatable bonds is 5. The second-order valence-corrected chi connectivity index (χ2v) is 8.44. The molecular formula is C20H13I2N3O4. The van der Waals surface area contributed by atoms with Gasteiger partial charge in [-0.15, -0.1) is 0 Å². The molecule has 0 fully saturated rings. The van der Waals surface area contributed by atoms with E-state index in [1.54, 1.807) is 24.3 Å². The van der Waals surface area contributed by atoms with Crippen LogP contribution in [-0.4, -0.2) is 16.7 Å². The Hall–Kier alpha value is -2.54. The topological polar surface area (TPSA) is 101 Å². The van der Waals surface area contributed by atoms with Crippen LogP contribution in [-0.2, 0) is 0 Å². The van der Waals surface area contributed by atoms with E-state index in [0.29, 0.717) is 11.4 Å². The van der Waals surface area contributed by atoms with Crippen LogP contribution in [0.2, 0.25) is 0 Å². The zero-order chi connectivity index (χ0) is 21.0. The second-order valence-electron chi connectivity index (χ2n) is 5.95. The lowest BCUT2D eigenvalue weighted by Gasteiger charge is -2.09. The molecule has 0 atom stereocenters. The van der Waals surface area contributed by atoms with Crippen molar-refractivity contribution >= 4 is 74.1 Å². The number of nitro benzene ring substituents is 1. The molecule has 0 bridgehead atoms. The number of anilines is 2. The van der Waals surface area contributed by atoms with Crippen molar-refractivity contribution in [1.82, 2.24) is 0 Å². The van der Waals surface area contributed by atoms with Crippen LogP contribution < -0.4 is 10.6 Å². The molecule has 0 radical (unpaired) electrons. The van der Waals surface area contributed by atoms with Crippen molar-refractivity contribution in [1.29, 1.82) is 0 Å². The third kappa shape index (κ3) is 5.73. The van der Waals surface area contributed by atoms with Gasteiger partial charge in [0.1, 0.15) is 0 Å². The first kappa shape index (κ1) is 21.2. The van der Waals surface area contributed by atoms with Gasteiger partial charge in [0.15, 0.2) is 0 Å². The lowest BCUT2D eigenvalue weighted by molar-refractivity contribution is -0.384. The van der Waals surface area contributed by atoms with Gasteiger partial charge in [0.25, 0.3) is 17.5 Å². The largest absolute Gasteiger partial charge is 0.322 e. The number of carbonyl (C=O) groups is 2. The van der Waals surface area contributed by atoms with E-state index in [0.717, 1.165) is 19.3 Å². The predicted octanol–water partition coefficient (Wildman–Crippen LogP) is 5.31. The Morgan fingerprint density at radius 2 is 1.10 bits per heavy atom. The molecule has 146 valence electrons. The Labute approximate surface area is 193 Å². The quantitative estimate of drug-likeness (QED) is 0.232. The summed E-state index contributed by atoms with van der Waals surface area (Å²) in [5.41, 5.74) is 0.794. The van der Waals surface area contributed by atoms with Crippen molar-refractivity contribution in [2.45, 2.75) is 0 Å². The molecule has 2 N–H and O–H groups in total. The Bertz CT molecular complexity index is 1010. The molecule has 3 rings (SSSR count). The van der Waals surface area contributed by atoms with Gasteiger partial charge in [0.2, 0.25) is 0 Å². The third-order valence-electron chi connectivity index (χ3n) is 3.86. The first-order chi connectivity index (χ1) is 13.8. The van der Waals surface area contributed by atoms with Gasteiger partial charge in [-0.25, -0.2) is 0 Å². The summed E-state index contributed by atoms with van der Waals surface area (Å²) in [5, 5.41) is 16.6. The van der Waals surface area contributed by atoms with Gasteiger partial charge in [-0.1, -0.05) is 0 Å². The molecule has 0 saturated carbocycles. The van der Waals surface area contributed by atoms with E-state index in [-0.39, 0.29) is 16.8 Å². The van der Waals surface area contributed by atoms with Crippen LogP contribution in [0.25, 0.3) is 0 Å². The zero-order valence-corrected chi connectivity index (χ0v) is 19.0. The van der Waals surface area contributed by atoms with Crippen molar-refractivity contribution < 1.29 is 14.5 Å². The fourth-order valence-corrected chi connectivity index (χ4v) is 3.17. The fraction of sp³-hybridized carbons (Fsp3) is 0. The summed E-state index contributed by atoms with van der Waals surface area (Å²) in [4.78, 5) is 35.8. The van der Waals surface area contributed by atoms with E-state index in [4.69, 9.17) is 0 Å². The van der Waals surface area contributed by atoms with E-state index in [1.165, 1.54) is 6.07 Å². The lowest BCUT2D eigenvalue weighted by Crippen LogP contribution is -2.16. The average Bonchev–Trinajstić information content (AvgIpc) is 2.71. The molecule has 0 unspecified atom stereocenters. The standard InChI is InChI=1S/C20H13I2N3O4/c21-14-1-5-16(6-2-14)23-19(26)12-9-13(11-18(10-12)25(28)29)20(27)24-17-7-3-15(22)4-8-17/h1-11H,(H,23,26)(H,24,27). The maximum atomic E-state index is 12.6. The van der Waals surface area contributed by atoms with Crippen molar-refractivity contribution in [3.8, 4) is 0 Å². The molecule has 0 aliphatic heterocycles. The van der Waals surface area contributed by atoms with Crippen molar-refractivity contribution in [3.05, 3.63) is 95.1 Å². The number of nitro groups is 1. The number of nitrogens with one attached hydrogen (secondary N) is 2. The van der Waals surface area contributed by atoms with Gasteiger partial charge in [-0.2, -0.15) is 0 Å². The molecule has 7 nitrogen and oxygen atoms in total. The predicted molar refractivity (Wildman–Crippen MR) is 127 cm³/mol. The van der Waals surface area contributed by atoms with Crippen LogP contribution in [0.4, 0.5) is 17.1 Å². The van der Waals surface area contributed by atoms with Crippen LogP contribution in [0.3, 0.4) is 0 Å². The molecule has 0 saturated heterocycles. The van der Waals surface area contributed by atoms with Gasteiger partial charge in [0, 0.05) is 41.8 Å². The van der Waals surface area contributed by atoms with E-state index in [9.17, 15) is 19.7 Å². The first-order valence-corrected chi connectivity index (χ1v) is 10.4. The molecule has 3 aromatic carbocycles. The molecule has 0 aliphatic carbocycles. The zero-order valence-electron chi connectivity index (χ0n) is 14.7. The normalized spacial score (nSPS) is 10.3. The van der Waals surface area contributed by atoms with Crippen LogP contribution >= 0.6 is 45.2 Å². The highest BCUT2D eigenvalue weighted by Gasteiger charge is 2.18. The van der Waals surface area contributed by atoms with Crippen LogP contribution in [0.5, 0.6) is 0 Å². The number of carbonyl (C=O) groups excluding carboxylic acids is 2. The minimum atomic E-state index is -0.636. The highest BCUT2D eigenvalue weighted by Crippen LogP contribution is 2.21. The second kappa shape index (κ2) is 9.31. The van der Waals surface area contributed by atoms with Crippen LogP contribution in [0, 0.1) is 17.3 Å². The molecule has 9 heteroatoms. The number of non-ortho nitro benzene ring substituents is 1. The van der Waals surface area contributed by atoms with Crippen LogP contribution in [0.1, 0.15) is 20.7 Å². The Balaban J connectivity index is 1.87. The maximum Gasteiger partial charge on any atom is 0.271 e. The Kier molecular flexibility index (Phi) is 6.79. The summed E-state index contributed by atoms with van der Waals surface area (Å²) in [6, 6.07) is 17.8. The molecule has 0 heterocycles. The van der Waals surface area contributed by atoms with Gasteiger partial charge in [0.05, 0.1) is 4.92 Å². The molecular weight excluding hydrogens is 600 g/mol. The van der Waals surface area contributed by atoms with Crippen LogP contribution in [0.15, 0.2) is 66.7 Å². The van der Waals surface area contributed by atoms with Gasteiger partial charge >= 0.3 is 0 Å². The van der Waals surface area contributed by atoms with Gasteiger partial charge in [-0.05, 0) is 99.8 Å². The van der Waals surface area contributed by atoms with Crippen molar-refractivity contribution in [2.24, 2.45) is 0 Å². The van der Waals surface area contributed by atoms with E-state index >= 15 is 0 Å². The SMILES string of the molecule is O=C(Nc1ccc(I)cc1)c1cc(C(=O)Nc2ccc(I)cc2)cc([N+](=O)[O-])c1. The molecule has 3 aromatic rings. The smallest absolute Gasteiger partial charge is 0.271 e.